The number of phenolic OH excluding ortho intramolecular Hbond substituents is 3. The van der Waals surface area contributed by atoms with Gasteiger partial charge in [0.25, 0.3) is 11.7 Å². The Morgan fingerprint density at radius 3 is 2.09 bits per heavy atom. The van der Waals surface area contributed by atoms with Gasteiger partial charge in [0.15, 0.2) is 5.75 Å². The lowest BCUT2D eigenvalue weighted by Gasteiger charge is -2.38. The normalized spacial score (nSPS) is 28.4. The van der Waals surface area contributed by atoms with E-state index < -0.39 is 88.8 Å². The summed E-state index contributed by atoms with van der Waals surface area (Å²) in [5, 5.41) is 68.0. The second kappa shape index (κ2) is 23.4. The van der Waals surface area contributed by atoms with E-state index in [2.05, 4.69) is 19.2 Å². The number of aromatic hydroxyl groups is 3. The number of esters is 1. The molecular weight excluding hydrogens is 835 g/mol. The minimum absolute atomic E-state index is 0.0633. The van der Waals surface area contributed by atoms with Crippen molar-refractivity contribution in [2.45, 2.75) is 151 Å². The molecule has 0 saturated heterocycles. The first kappa shape index (κ1) is 52.5. The lowest BCUT2D eigenvalue weighted by atomic mass is 9.78. The molecule has 9 atom stereocenters. The van der Waals surface area contributed by atoms with Gasteiger partial charge in [-0.2, -0.15) is 5.10 Å². The molecule has 0 fully saturated rings. The number of hydrogen-bond donors (Lipinski definition) is 6. The van der Waals surface area contributed by atoms with E-state index in [-0.39, 0.29) is 44.5 Å². The van der Waals surface area contributed by atoms with Gasteiger partial charge in [0.1, 0.15) is 23.4 Å². The number of aliphatic hydroxyl groups excluding tert-OH is 2. The quantitative estimate of drug-likeness (QED) is 0.0262. The number of unbranched alkanes of at least 4 members (excludes halogenated alkanes) is 6. The first-order chi connectivity index (χ1) is 30.8. The third-order valence-corrected chi connectivity index (χ3v) is 12.9. The largest absolute Gasteiger partial charge is 0.507 e. The number of ether oxygens (including phenoxy) is 4. The summed E-state index contributed by atoms with van der Waals surface area (Å²) in [6, 6.07) is 0. The van der Waals surface area contributed by atoms with E-state index in [0.717, 1.165) is 51.4 Å². The maximum absolute atomic E-state index is 14.6. The molecule has 5 bridgehead atoms. The summed E-state index contributed by atoms with van der Waals surface area (Å²) in [4.78, 5) is 40.9. The van der Waals surface area contributed by atoms with E-state index in [0.29, 0.717) is 13.1 Å². The number of carbonyl (C=O) groups excluding carboxylic acids is 3. The number of hydrogen-bond acceptors (Lipinski definition) is 14. The summed E-state index contributed by atoms with van der Waals surface area (Å²) >= 11 is 0. The Morgan fingerprint density at radius 2 is 1.51 bits per heavy atom. The summed E-state index contributed by atoms with van der Waals surface area (Å²) in [7, 11) is 1.45. The van der Waals surface area contributed by atoms with Crippen molar-refractivity contribution in [1.29, 1.82) is 0 Å². The highest BCUT2D eigenvalue weighted by Crippen LogP contribution is 2.55. The topological polar surface area (TPSA) is 217 Å². The van der Waals surface area contributed by atoms with Gasteiger partial charge in [0.05, 0.1) is 53.0 Å². The molecule has 0 saturated carbocycles. The SMILES string of the molecule is CCCCCCN(CCCCCC)/N=C\c1c2c(O)c3c(O)c(C)c4c(c3c1O)C(=O)C(C)(O/C=C/C(OC)C(C)C(OC(C)=O)C(C)C(O)C(C)C(O)C(C)/C=C/C=C(\C)C(=O)N2)O4. The van der Waals surface area contributed by atoms with Gasteiger partial charge in [-0.1, -0.05) is 98.3 Å². The number of aliphatic hydroxyl groups is 2. The van der Waals surface area contributed by atoms with Crippen LogP contribution in [-0.4, -0.2) is 105 Å². The van der Waals surface area contributed by atoms with Gasteiger partial charge in [-0.3, -0.25) is 19.4 Å². The Balaban J connectivity index is 1.97. The molecule has 0 aliphatic carbocycles. The van der Waals surface area contributed by atoms with E-state index in [1.54, 1.807) is 46.8 Å². The van der Waals surface area contributed by atoms with E-state index >= 15 is 0 Å². The highest BCUT2D eigenvalue weighted by molar-refractivity contribution is 6.23. The number of phenols is 3. The summed E-state index contributed by atoms with van der Waals surface area (Å²) in [6.07, 6.45) is 13.0. The van der Waals surface area contributed by atoms with Crippen LogP contribution in [0.25, 0.3) is 10.8 Å². The number of nitrogens with one attached hydrogen (secondary N) is 1. The van der Waals surface area contributed by atoms with E-state index in [9.17, 15) is 39.9 Å². The molecule has 9 unspecified atom stereocenters. The zero-order valence-electron chi connectivity index (χ0n) is 40.1. The number of allylic oxidation sites excluding steroid dienone is 2. The molecule has 2 aromatic rings. The van der Waals surface area contributed by atoms with Gasteiger partial charge in [-0.05, 0) is 32.8 Å². The number of ketones is 1. The Hall–Kier alpha value is -5.12. The fourth-order valence-corrected chi connectivity index (χ4v) is 8.68. The second-order valence-electron chi connectivity index (χ2n) is 17.9. The van der Waals surface area contributed by atoms with Gasteiger partial charge in [0.2, 0.25) is 0 Å². The van der Waals surface area contributed by atoms with Crippen molar-refractivity contribution in [1.82, 2.24) is 5.01 Å². The number of amides is 1. The van der Waals surface area contributed by atoms with Crippen LogP contribution in [0, 0.1) is 30.6 Å². The van der Waals surface area contributed by atoms with Gasteiger partial charge >= 0.3 is 11.8 Å². The molecule has 2 aromatic carbocycles. The van der Waals surface area contributed by atoms with Crippen molar-refractivity contribution in [3.05, 3.63) is 52.8 Å². The maximum atomic E-state index is 14.6. The van der Waals surface area contributed by atoms with Crippen LogP contribution in [-0.2, 0) is 23.8 Å². The molecule has 3 aliphatic heterocycles. The van der Waals surface area contributed by atoms with Gasteiger partial charge in [0, 0.05) is 74.2 Å². The second-order valence-corrected chi connectivity index (χ2v) is 17.9. The monoisotopic (exact) mass is 908 g/mol. The Kier molecular flexibility index (Phi) is 18.9. The number of fused-ring (bicyclic) bond motifs is 14. The zero-order valence-corrected chi connectivity index (χ0v) is 40.1. The lowest BCUT2D eigenvalue weighted by molar-refractivity contribution is -0.160. The van der Waals surface area contributed by atoms with E-state index in [4.69, 9.17) is 24.0 Å². The summed E-state index contributed by atoms with van der Waals surface area (Å²) in [5.74, 6) is -8.29. The average molecular weight is 908 g/mol. The van der Waals surface area contributed by atoms with Crippen molar-refractivity contribution in [2.24, 2.45) is 28.8 Å². The molecule has 5 rings (SSSR count). The van der Waals surface area contributed by atoms with Crippen LogP contribution in [0.5, 0.6) is 23.0 Å². The van der Waals surface area contributed by atoms with Crippen LogP contribution < -0.4 is 10.1 Å². The van der Waals surface area contributed by atoms with Crippen LogP contribution in [0.1, 0.15) is 135 Å². The van der Waals surface area contributed by atoms with Crippen LogP contribution in [0.15, 0.2) is 41.2 Å². The molecule has 65 heavy (non-hydrogen) atoms. The number of nitrogens with zero attached hydrogens (tertiary/aromatic N) is 2. The standard InChI is InChI=1S/C50H73N3O12/c1-12-14-16-18-24-53(25-19-17-15-13-2)51-27-35-40-45(59)38-37(44(35)58)39-47(33(8)43(38)57)65-50(10,48(39)60)63-26-23-36(62-11)30(5)46(64-34(9)54)32(7)42(56)31(6)41(55)28(3)21-20-22-29(4)49(61)52-40/h20-23,26-28,30-32,36,41-42,46,55-59H,12-19,24-25H2,1-11H3,(H,52,61)/b21-20+,26-23+,29-22+,51-27-. The molecule has 6 N–H and O–H groups in total. The van der Waals surface area contributed by atoms with Crippen LogP contribution in [0.2, 0.25) is 0 Å². The first-order valence-corrected chi connectivity index (χ1v) is 23.1. The maximum Gasteiger partial charge on any atom is 0.312 e. The first-order valence-electron chi connectivity index (χ1n) is 23.1. The van der Waals surface area contributed by atoms with E-state index in [1.807, 2.05) is 5.01 Å². The van der Waals surface area contributed by atoms with E-state index in [1.165, 1.54) is 52.5 Å². The van der Waals surface area contributed by atoms with Crippen molar-refractivity contribution >= 4 is 40.3 Å². The van der Waals surface area contributed by atoms with Crippen LogP contribution >= 0.6 is 0 Å². The molecular formula is C50H73N3O12. The van der Waals surface area contributed by atoms with Crippen molar-refractivity contribution < 1.29 is 58.9 Å². The molecule has 360 valence electrons. The average Bonchev–Trinajstić information content (AvgIpc) is 3.54. The fraction of sp³-hybridized carbons (Fsp3) is 0.600. The molecule has 3 aliphatic rings. The van der Waals surface area contributed by atoms with Gasteiger partial charge < -0.3 is 49.8 Å². The number of rotatable bonds is 14. The summed E-state index contributed by atoms with van der Waals surface area (Å²) in [5.41, 5.74) is -0.286. The molecule has 0 aromatic heterocycles. The highest BCUT2D eigenvalue weighted by atomic mass is 16.7. The third kappa shape index (κ3) is 12.0. The molecule has 3 heterocycles. The number of carbonyl (C=O) groups is 3. The molecule has 15 heteroatoms. The van der Waals surface area contributed by atoms with Crippen molar-refractivity contribution in [2.75, 3.05) is 25.5 Å². The Morgan fingerprint density at radius 1 is 0.877 bits per heavy atom. The predicted octanol–water partition coefficient (Wildman–Crippen LogP) is 8.55. The fourth-order valence-electron chi connectivity index (χ4n) is 8.68. The van der Waals surface area contributed by atoms with Gasteiger partial charge in [-0.25, -0.2) is 0 Å². The van der Waals surface area contributed by atoms with Crippen molar-refractivity contribution in [3.63, 3.8) is 0 Å². The summed E-state index contributed by atoms with van der Waals surface area (Å²) < 4.78 is 23.8. The number of anilines is 1. The minimum atomic E-state index is -2.05. The summed E-state index contributed by atoms with van der Waals surface area (Å²) in [6.45, 7) is 18.1. The number of Topliss-reactive ketones (excluding diaryl/α,β-unsaturated/α-hetero) is 1. The Labute approximate surface area is 384 Å². The smallest absolute Gasteiger partial charge is 0.312 e. The van der Waals surface area contributed by atoms with Gasteiger partial charge in [-0.15, -0.1) is 0 Å². The molecule has 0 spiro atoms. The number of benzene rings is 2. The predicted molar refractivity (Wildman–Crippen MR) is 251 cm³/mol. The molecule has 1 amide bonds. The van der Waals surface area contributed by atoms with Crippen LogP contribution in [0.4, 0.5) is 5.69 Å². The number of hydrazone groups is 1. The Bertz CT molecular complexity index is 2120. The highest BCUT2D eigenvalue weighted by Gasteiger charge is 2.50. The molecule has 0 radical (unpaired) electrons. The van der Waals surface area contributed by atoms with Crippen molar-refractivity contribution in [3.8, 4) is 23.0 Å². The number of methoxy groups -OCH3 is 1. The zero-order chi connectivity index (χ0) is 48.3. The lowest BCUT2D eigenvalue weighted by Crippen LogP contribution is -2.46. The van der Waals surface area contributed by atoms with Crippen LogP contribution in [0.3, 0.4) is 0 Å². The molecule has 15 nitrogen and oxygen atoms in total. The third-order valence-electron chi connectivity index (χ3n) is 12.9. The minimum Gasteiger partial charge on any atom is -0.507 e.